The molecule has 6 aliphatic carbocycles. The quantitative estimate of drug-likeness (QED) is 0.226. The highest BCUT2D eigenvalue weighted by Gasteiger charge is 2.59. The molecule has 7 nitrogen and oxygen atoms in total. The number of hydrogen-bond acceptors (Lipinski definition) is 7. The first kappa shape index (κ1) is 36.0. The van der Waals surface area contributed by atoms with Crippen LogP contribution in [-0.4, -0.2) is 84.0 Å². The van der Waals surface area contributed by atoms with Crippen molar-refractivity contribution in [1.29, 1.82) is 0 Å². The highest BCUT2D eigenvalue weighted by molar-refractivity contribution is 5.36. The van der Waals surface area contributed by atoms with Gasteiger partial charge in [0, 0.05) is 36.9 Å². The summed E-state index contributed by atoms with van der Waals surface area (Å²) in [6.07, 6.45) is 23.9. The van der Waals surface area contributed by atoms with E-state index in [4.69, 9.17) is 18.9 Å². The Kier molecular flexibility index (Phi) is 10.6. The standard InChI is InChI=1S/C43H67NO6/c1-40-28-32(18-22-42(40,46)21-9-25-48-38-13-6-7-24-47-38)35-12-8-20-41(45)30-43(49-26-27-50-43)23-19-37(41)39(35)36(29-40)31-14-16-34(17-15-31)44(2)33-10-4-3-5-11-33/h31-36,38,45-46H,3-8,10-20,22-30H2,1-2H3/t31?,32?,34?,35?,36?,38?,40?,41-,42?/m1/s1. The van der Waals surface area contributed by atoms with Gasteiger partial charge >= 0.3 is 0 Å². The van der Waals surface area contributed by atoms with Gasteiger partial charge < -0.3 is 34.1 Å². The second kappa shape index (κ2) is 14.7. The third-order valence-electron chi connectivity index (χ3n) is 15.6. The molecular weight excluding hydrogens is 626 g/mol. The molecule has 2 saturated heterocycles. The number of aliphatic hydroxyl groups is 2. The van der Waals surface area contributed by atoms with Crippen LogP contribution in [-0.2, 0) is 18.9 Å². The summed E-state index contributed by atoms with van der Waals surface area (Å²) in [5, 5.41) is 25.4. The van der Waals surface area contributed by atoms with Crippen LogP contribution < -0.4 is 0 Å². The normalized spacial score (nSPS) is 43.8. The Morgan fingerprint density at radius 2 is 1.52 bits per heavy atom. The summed E-state index contributed by atoms with van der Waals surface area (Å²) < 4.78 is 24.3. The predicted octanol–water partition coefficient (Wildman–Crippen LogP) is 7.67. The molecule has 7 atom stereocenters. The Bertz CT molecular complexity index is 1280. The average molecular weight is 694 g/mol. The Balaban J connectivity index is 1.10. The third-order valence-corrected chi connectivity index (χ3v) is 15.6. The molecule has 2 aliphatic heterocycles. The Labute approximate surface area is 302 Å². The van der Waals surface area contributed by atoms with Crippen molar-refractivity contribution in [3.8, 4) is 11.8 Å². The Morgan fingerprint density at radius 3 is 2.28 bits per heavy atom. The van der Waals surface area contributed by atoms with Gasteiger partial charge in [-0.1, -0.05) is 43.6 Å². The maximum Gasteiger partial charge on any atom is 0.171 e. The average Bonchev–Trinajstić information content (AvgIpc) is 3.47. The molecule has 0 aromatic heterocycles. The monoisotopic (exact) mass is 693 g/mol. The zero-order chi connectivity index (χ0) is 34.4. The maximum atomic E-state index is 12.7. The minimum atomic E-state index is -1.04. The molecule has 8 rings (SSSR count). The summed E-state index contributed by atoms with van der Waals surface area (Å²) in [5.41, 5.74) is 0.755. The van der Waals surface area contributed by atoms with E-state index in [2.05, 4.69) is 30.7 Å². The van der Waals surface area contributed by atoms with Crippen LogP contribution in [0.15, 0.2) is 11.1 Å². The van der Waals surface area contributed by atoms with Crippen molar-refractivity contribution in [1.82, 2.24) is 4.90 Å². The molecule has 7 fully saturated rings. The SMILES string of the molecule is CN(C1CCCCC1)C1CCC(C2CC3(C)CC(CCC3(O)C#CCOC3CCCCO3)C3CCC[C@@]4(O)CC5(CCC4=C32)OCCO5)CC1. The lowest BCUT2D eigenvalue weighted by molar-refractivity contribution is -0.205. The number of allylic oxidation sites excluding steroid dienone is 1. The van der Waals surface area contributed by atoms with Crippen molar-refractivity contribution >= 4 is 0 Å². The minimum absolute atomic E-state index is 0.164. The molecule has 50 heavy (non-hydrogen) atoms. The van der Waals surface area contributed by atoms with E-state index < -0.39 is 17.0 Å². The summed E-state index contributed by atoms with van der Waals surface area (Å²) in [6, 6.07) is 1.43. The molecule has 8 aliphatic rings. The fourth-order valence-electron chi connectivity index (χ4n) is 12.8. The van der Waals surface area contributed by atoms with Crippen molar-refractivity contribution in [3.05, 3.63) is 11.1 Å². The van der Waals surface area contributed by atoms with Crippen LogP contribution in [0.2, 0.25) is 0 Å². The van der Waals surface area contributed by atoms with E-state index in [-0.39, 0.29) is 11.7 Å². The number of nitrogens with zero attached hydrogens (tertiary/aromatic N) is 1. The third kappa shape index (κ3) is 6.91. The van der Waals surface area contributed by atoms with Crippen LogP contribution in [0.4, 0.5) is 0 Å². The zero-order valence-electron chi connectivity index (χ0n) is 31.4. The summed E-state index contributed by atoms with van der Waals surface area (Å²) >= 11 is 0. The largest absolute Gasteiger partial charge is 0.385 e. The molecule has 0 aromatic rings. The summed E-state index contributed by atoms with van der Waals surface area (Å²) in [4.78, 5) is 2.77. The van der Waals surface area contributed by atoms with Gasteiger partial charge in [-0.25, -0.2) is 0 Å². The lowest BCUT2D eigenvalue weighted by Gasteiger charge is -2.49. The number of fused-ring (bicyclic) bond motifs is 5. The van der Waals surface area contributed by atoms with Crippen molar-refractivity contribution in [2.24, 2.45) is 29.1 Å². The fourth-order valence-corrected chi connectivity index (χ4v) is 12.8. The van der Waals surface area contributed by atoms with Crippen LogP contribution in [0, 0.1) is 40.9 Å². The van der Waals surface area contributed by atoms with Crippen LogP contribution in [0.1, 0.15) is 148 Å². The Morgan fingerprint density at radius 1 is 0.760 bits per heavy atom. The van der Waals surface area contributed by atoms with Crippen LogP contribution >= 0.6 is 0 Å². The smallest absolute Gasteiger partial charge is 0.171 e. The summed E-state index contributed by atoms with van der Waals surface area (Å²) in [6.45, 7) is 4.70. The van der Waals surface area contributed by atoms with Crippen LogP contribution in [0.3, 0.4) is 0 Å². The second-order valence-electron chi connectivity index (χ2n) is 18.4. The summed E-state index contributed by atoms with van der Waals surface area (Å²) in [5.74, 6) is 8.08. The predicted molar refractivity (Wildman–Crippen MR) is 194 cm³/mol. The molecule has 7 heteroatoms. The van der Waals surface area contributed by atoms with Crippen LogP contribution in [0.5, 0.6) is 0 Å². The van der Waals surface area contributed by atoms with E-state index in [1.165, 1.54) is 63.4 Å². The van der Waals surface area contributed by atoms with E-state index in [0.717, 1.165) is 89.7 Å². The maximum absolute atomic E-state index is 12.7. The van der Waals surface area contributed by atoms with Crippen molar-refractivity contribution in [3.63, 3.8) is 0 Å². The van der Waals surface area contributed by atoms with Gasteiger partial charge in [0.1, 0.15) is 12.2 Å². The number of hydrogen-bond donors (Lipinski definition) is 2. The van der Waals surface area contributed by atoms with Crippen molar-refractivity contribution in [2.45, 2.75) is 184 Å². The molecule has 2 N–H and O–H groups in total. The van der Waals surface area contributed by atoms with Crippen molar-refractivity contribution in [2.75, 3.05) is 33.5 Å². The first-order valence-corrected chi connectivity index (χ1v) is 21.1. The Hall–Kier alpha value is -0.980. The lowest BCUT2D eigenvalue weighted by Crippen LogP contribution is -2.51. The first-order chi connectivity index (χ1) is 24.2. The molecule has 0 amide bonds. The number of rotatable bonds is 5. The zero-order valence-corrected chi connectivity index (χ0v) is 31.4. The highest BCUT2D eigenvalue weighted by Crippen LogP contribution is 2.63. The molecule has 1 spiro atoms. The number of ether oxygens (including phenoxy) is 4. The van der Waals surface area contributed by atoms with Gasteiger partial charge in [-0.3, -0.25) is 0 Å². The van der Waals surface area contributed by atoms with Gasteiger partial charge in [0.2, 0.25) is 0 Å². The molecule has 2 heterocycles. The van der Waals surface area contributed by atoms with Gasteiger partial charge in [0.15, 0.2) is 12.1 Å². The highest BCUT2D eigenvalue weighted by atomic mass is 16.7. The minimum Gasteiger partial charge on any atom is -0.385 e. The molecule has 0 radical (unpaired) electrons. The topological polar surface area (TPSA) is 80.6 Å². The molecule has 280 valence electrons. The molecule has 5 saturated carbocycles. The van der Waals surface area contributed by atoms with Crippen LogP contribution in [0.25, 0.3) is 0 Å². The lowest BCUT2D eigenvalue weighted by atomic mass is 9.58. The summed E-state index contributed by atoms with van der Waals surface area (Å²) in [7, 11) is 2.41. The van der Waals surface area contributed by atoms with E-state index in [1.54, 1.807) is 5.57 Å². The molecule has 0 aromatic carbocycles. The van der Waals surface area contributed by atoms with Gasteiger partial charge in [0.25, 0.3) is 0 Å². The molecule has 2 bridgehead atoms. The molecular formula is C43H67NO6. The van der Waals surface area contributed by atoms with Gasteiger partial charge in [-0.15, -0.1) is 0 Å². The fraction of sp³-hybridized carbons (Fsp3) is 0.907. The van der Waals surface area contributed by atoms with Gasteiger partial charge in [-0.05, 0) is 145 Å². The van der Waals surface area contributed by atoms with Crippen molar-refractivity contribution < 1.29 is 29.2 Å². The van der Waals surface area contributed by atoms with Gasteiger partial charge in [-0.2, -0.15) is 0 Å². The second-order valence-corrected chi connectivity index (χ2v) is 18.4. The van der Waals surface area contributed by atoms with E-state index in [9.17, 15) is 10.2 Å². The van der Waals surface area contributed by atoms with E-state index in [1.807, 2.05) is 0 Å². The molecule has 6 unspecified atom stereocenters. The van der Waals surface area contributed by atoms with E-state index in [0.29, 0.717) is 56.0 Å². The van der Waals surface area contributed by atoms with Gasteiger partial charge in [0.05, 0.1) is 18.8 Å². The first-order valence-electron chi connectivity index (χ1n) is 21.1. The van der Waals surface area contributed by atoms with E-state index >= 15 is 0 Å².